The average molecular weight is 176 g/mol. The van der Waals surface area contributed by atoms with Crippen molar-refractivity contribution >= 4 is 6.47 Å². The van der Waals surface area contributed by atoms with Crippen LogP contribution in [0.4, 0.5) is 0 Å². The van der Waals surface area contributed by atoms with Crippen LogP contribution in [0, 0.1) is 11.3 Å². The highest BCUT2D eigenvalue weighted by atomic mass is 16.5. The summed E-state index contributed by atoms with van der Waals surface area (Å²) in [5, 5.41) is 8.69. The fourth-order valence-corrected chi connectivity index (χ4v) is 0.980. The molecule has 0 radical (unpaired) electrons. The molecule has 0 aliphatic rings. The minimum absolute atomic E-state index is 0.263. The van der Waals surface area contributed by atoms with E-state index in [9.17, 15) is 4.79 Å². The highest BCUT2D eigenvalue weighted by molar-refractivity contribution is 5.42. The number of hydrogen-bond donors (Lipinski definition) is 1. The van der Waals surface area contributed by atoms with Gasteiger partial charge >= 0.3 is 0 Å². The van der Waals surface area contributed by atoms with Crippen LogP contribution >= 0.6 is 0 Å². The Morgan fingerprint density at radius 1 is 1.54 bits per heavy atom. The van der Waals surface area contributed by atoms with Gasteiger partial charge in [0.05, 0.1) is 11.6 Å². The minimum Gasteiger partial charge on any atom is -0.445 e. The third-order valence-corrected chi connectivity index (χ3v) is 1.59. The molecule has 1 rings (SSSR count). The molecule has 1 atom stereocenters. The maximum atomic E-state index is 10.0. The van der Waals surface area contributed by atoms with Crippen molar-refractivity contribution in [2.75, 3.05) is 0 Å². The Hall–Kier alpha value is -1.86. The molecule has 0 heterocycles. The van der Waals surface area contributed by atoms with E-state index in [0.717, 1.165) is 0 Å². The summed E-state index contributed by atoms with van der Waals surface area (Å²) in [4.78, 5) is 10.0. The van der Waals surface area contributed by atoms with Gasteiger partial charge in [-0.1, -0.05) is 18.2 Å². The molecule has 0 bridgehead atoms. The first-order valence-corrected chi connectivity index (χ1v) is 3.63. The second kappa shape index (κ2) is 4.24. The number of carbonyl (C=O) groups excluding carboxylic acids is 1. The van der Waals surface area contributed by atoms with Crippen molar-refractivity contribution in [2.24, 2.45) is 5.73 Å². The second-order valence-corrected chi connectivity index (χ2v) is 2.35. The summed E-state index contributed by atoms with van der Waals surface area (Å²) >= 11 is 0. The Morgan fingerprint density at radius 3 is 2.85 bits per heavy atom. The van der Waals surface area contributed by atoms with Crippen LogP contribution in [0.1, 0.15) is 17.4 Å². The molecule has 0 spiro atoms. The maximum absolute atomic E-state index is 10.0. The number of rotatable bonds is 3. The minimum atomic E-state index is -0.867. The van der Waals surface area contributed by atoms with Gasteiger partial charge in [0.15, 0.2) is 6.23 Å². The molecule has 0 saturated heterocycles. The van der Waals surface area contributed by atoms with E-state index in [0.29, 0.717) is 11.1 Å². The summed E-state index contributed by atoms with van der Waals surface area (Å²) in [6, 6.07) is 8.66. The van der Waals surface area contributed by atoms with E-state index in [1.54, 1.807) is 24.3 Å². The highest BCUT2D eigenvalue weighted by Crippen LogP contribution is 2.15. The summed E-state index contributed by atoms with van der Waals surface area (Å²) < 4.78 is 4.52. The summed E-state index contributed by atoms with van der Waals surface area (Å²) in [7, 11) is 0. The first-order valence-electron chi connectivity index (χ1n) is 3.63. The van der Waals surface area contributed by atoms with E-state index in [1.807, 2.05) is 6.07 Å². The summed E-state index contributed by atoms with van der Waals surface area (Å²) in [6.45, 7) is 0.263. The van der Waals surface area contributed by atoms with Crippen LogP contribution < -0.4 is 5.73 Å². The van der Waals surface area contributed by atoms with Crippen molar-refractivity contribution in [3.8, 4) is 6.07 Å². The summed E-state index contributed by atoms with van der Waals surface area (Å²) in [5.74, 6) is 0. The van der Waals surface area contributed by atoms with Crippen LogP contribution in [0.15, 0.2) is 24.3 Å². The lowest BCUT2D eigenvalue weighted by atomic mass is 10.1. The smallest absolute Gasteiger partial charge is 0.294 e. The molecule has 0 aliphatic carbocycles. The van der Waals surface area contributed by atoms with E-state index < -0.39 is 6.23 Å². The summed E-state index contributed by atoms with van der Waals surface area (Å²) in [6.07, 6.45) is -0.867. The maximum Gasteiger partial charge on any atom is 0.294 e. The Labute approximate surface area is 75.5 Å². The lowest BCUT2D eigenvalue weighted by Gasteiger charge is -2.10. The molecule has 0 saturated carbocycles. The topological polar surface area (TPSA) is 76.1 Å². The standard InChI is InChI=1S/C9H8N2O2/c10-5-7-3-1-2-4-8(7)9(11)13-6-12/h1-4,6,9H,11H2. The molecule has 1 aromatic rings. The Balaban J connectivity index is 2.99. The fourth-order valence-electron chi connectivity index (χ4n) is 0.980. The zero-order chi connectivity index (χ0) is 9.68. The van der Waals surface area contributed by atoms with Crippen LogP contribution in [0.5, 0.6) is 0 Å². The molecule has 0 fully saturated rings. The van der Waals surface area contributed by atoms with Gasteiger partial charge in [-0.05, 0) is 6.07 Å². The van der Waals surface area contributed by atoms with Gasteiger partial charge in [0.1, 0.15) is 0 Å². The number of benzene rings is 1. The van der Waals surface area contributed by atoms with Gasteiger partial charge in [-0.2, -0.15) is 5.26 Å². The number of nitriles is 1. The van der Waals surface area contributed by atoms with E-state index in [4.69, 9.17) is 11.0 Å². The van der Waals surface area contributed by atoms with E-state index in [1.165, 1.54) is 0 Å². The Bertz CT molecular complexity index is 344. The fraction of sp³-hybridized carbons (Fsp3) is 0.111. The molecule has 66 valence electrons. The van der Waals surface area contributed by atoms with Crippen molar-refractivity contribution < 1.29 is 9.53 Å². The zero-order valence-corrected chi connectivity index (χ0v) is 6.81. The molecule has 0 aliphatic heterocycles. The van der Waals surface area contributed by atoms with Gasteiger partial charge in [-0.15, -0.1) is 0 Å². The molecular formula is C9H8N2O2. The van der Waals surface area contributed by atoms with E-state index in [-0.39, 0.29) is 6.47 Å². The third kappa shape index (κ3) is 2.04. The van der Waals surface area contributed by atoms with Gasteiger partial charge < -0.3 is 4.74 Å². The van der Waals surface area contributed by atoms with Crippen molar-refractivity contribution in [1.82, 2.24) is 0 Å². The largest absolute Gasteiger partial charge is 0.445 e. The van der Waals surface area contributed by atoms with Crippen LogP contribution in [0.3, 0.4) is 0 Å². The SMILES string of the molecule is N#Cc1ccccc1C(N)OC=O. The zero-order valence-electron chi connectivity index (χ0n) is 6.81. The van der Waals surface area contributed by atoms with Crippen LogP contribution in [0.2, 0.25) is 0 Å². The molecule has 1 aromatic carbocycles. The molecule has 13 heavy (non-hydrogen) atoms. The van der Waals surface area contributed by atoms with Crippen molar-refractivity contribution in [1.29, 1.82) is 5.26 Å². The predicted octanol–water partition coefficient (Wildman–Crippen LogP) is 0.689. The lowest BCUT2D eigenvalue weighted by Crippen LogP contribution is -2.14. The van der Waals surface area contributed by atoms with Crippen LogP contribution in [-0.4, -0.2) is 6.47 Å². The van der Waals surface area contributed by atoms with Gasteiger partial charge in [-0.3, -0.25) is 10.5 Å². The second-order valence-electron chi connectivity index (χ2n) is 2.35. The predicted molar refractivity (Wildman–Crippen MR) is 45.2 cm³/mol. The highest BCUT2D eigenvalue weighted by Gasteiger charge is 2.09. The molecule has 4 heteroatoms. The molecular weight excluding hydrogens is 168 g/mol. The average Bonchev–Trinajstić information content (AvgIpc) is 2.18. The molecule has 1 unspecified atom stereocenters. The van der Waals surface area contributed by atoms with Gasteiger partial charge in [-0.25, -0.2) is 0 Å². The van der Waals surface area contributed by atoms with Crippen molar-refractivity contribution in [3.05, 3.63) is 35.4 Å². The number of ether oxygens (including phenoxy) is 1. The van der Waals surface area contributed by atoms with Gasteiger partial charge in [0.25, 0.3) is 6.47 Å². The van der Waals surface area contributed by atoms with Gasteiger partial charge in [0, 0.05) is 5.56 Å². The quantitative estimate of drug-likeness (QED) is 0.543. The number of hydrogen-bond acceptors (Lipinski definition) is 4. The number of nitrogens with two attached hydrogens (primary N) is 1. The first-order chi connectivity index (χ1) is 6.29. The first kappa shape index (κ1) is 9.23. The van der Waals surface area contributed by atoms with E-state index in [2.05, 4.69) is 4.74 Å². The number of carbonyl (C=O) groups is 1. The van der Waals surface area contributed by atoms with Crippen LogP contribution in [0.25, 0.3) is 0 Å². The monoisotopic (exact) mass is 176 g/mol. The van der Waals surface area contributed by atoms with Crippen LogP contribution in [-0.2, 0) is 9.53 Å². The normalized spacial score (nSPS) is 11.4. The molecule has 2 N–H and O–H groups in total. The summed E-state index contributed by atoms with van der Waals surface area (Å²) in [5.41, 5.74) is 6.40. The Kier molecular flexibility index (Phi) is 3.01. The molecule has 4 nitrogen and oxygen atoms in total. The molecule has 0 amide bonds. The van der Waals surface area contributed by atoms with Gasteiger partial charge in [0.2, 0.25) is 0 Å². The molecule has 0 aromatic heterocycles. The lowest BCUT2D eigenvalue weighted by molar-refractivity contribution is -0.133. The number of nitrogens with zero attached hydrogens (tertiary/aromatic N) is 1. The third-order valence-electron chi connectivity index (χ3n) is 1.59. The van der Waals surface area contributed by atoms with Crippen molar-refractivity contribution in [3.63, 3.8) is 0 Å². The Morgan fingerprint density at radius 2 is 2.23 bits per heavy atom. The van der Waals surface area contributed by atoms with E-state index >= 15 is 0 Å². The van der Waals surface area contributed by atoms with Crippen molar-refractivity contribution in [2.45, 2.75) is 6.23 Å².